The monoisotopic (exact) mass is 536 g/mol. The van der Waals surface area contributed by atoms with Gasteiger partial charge in [0, 0.05) is 13.2 Å². The van der Waals surface area contributed by atoms with E-state index < -0.39 is 16.2 Å². The maximum absolute atomic E-state index is 12.0. The fourth-order valence-electron chi connectivity index (χ4n) is 2.55. The highest BCUT2D eigenvalue weighted by atomic mass is 32.2. The summed E-state index contributed by atoms with van der Waals surface area (Å²) >= 11 is 0. The fraction of sp³-hybridized carbons (Fsp3) is 0.720. The Bertz CT molecular complexity index is 728. The Morgan fingerprint density at radius 1 is 0.722 bits per heavy atom. The molecule has 1 aromatic rings. The van der Waals surface area contributed by atoms with Crippen LogP contribution in [0.5, 0.6) is 0 Å². The van der Waals surface area contributed by atoms with E-state index in [-0.39, 0.29) is 19.2 Å². The van der Waals surface area contributed by atoms with Crippen LogP contribution in [0.15, 0.2) is 30.3 Å². The van der Waals surface area contributed by atoms with E-state index in [1.54, 1.807) is 6.92 Å². The Morgan fingerprint density at radius 2 is 1.19 bits per heavy atom. The SMILES string of the molecule is CCCOCCOCCOC(C(=O)OCC)c1ccccc1.CCCOCCOCCOS(C)(=O)=O. The molecule has 0 saturated carbocycles. The molecule has 0 saturated heterocycles. The van der Waals surface area contributed by atoms with Gasteiger partial charge in [0.2, 0.25) is 0 Å². The Kier molecular flexibility index (Phi) is 22.7. The van der Waals surface area contributed by atoms with Crippen molar-refractivity contribution < 1.29 is 45.8 Å². The molecular formula is C25H44O10S. The van der Waals surface area contributed by atoms with E-state index in [0.717, 1.165) is 37.9 Å². The molecule has 0 aliphatic rings. The molecule has 0 radical (unpaired) electrons. The van der Waals surface area contributed by atoms with E-state index >= 15 is 0 Å². The van der Waals surface area contributed by atoms with Crippen LogP contribution in [0, 0.1) is 0 Å². The first-order chi connectivity index (χ1) is 17.4. The van der Waals surface area contributed by atoms with Gasteiger partial charge in [-0.3, -0.25) is 4.18 Å². The first-order valence-electron chi connectivity index (χ1n) is 12.3. The molecule has 0 aliphatic heterocycles. The zero-order chi connectivity index (χ0) is 26.9. The minimum Gasteiger partial charge on any atom is -0.464 e. The van der Waals surface area contributed by atoms with Gasteiger partial charge in [0.05, 0.1) is 65.7 Å². The van der Waals surface area contributed by atoms with E-state index in [9.17, 15) is 13.2 Å². The van der Waals surface area contributed by atoms with Crippen molar-refractivity contribution in [2.24, 2.45) is 0 Å². The standard InChI is InChI=1S/C17H26O5.C8H18O5S/c1-3-10-19-11-12-20-13-14-22-16(17(18)21-4-2)15-8-6-5-7-9-15;1-3-4-11-5-6-12-7-8-13-14(2,9)10/h5-9,16H,3-4,10-14H2,1-2H3;3-8H2,1-2H3. The molecule has 1 atom stereocenters. The van der Waals surface area contributed by atoms with Crippen LogP contribution in [0.4, 0.5) is 0 Å². The van der Waals surface area contributed by atoms with Crippen LogP contribution >= 0.6 is 0 Å². The van der Waals surface area contributed by atoms with E-state index in [4.69, 9.17) is 28.4 Å². The highest BCUT2D eigenvalue weighted by Gasteiger charge is 2.22. The fourth-order valence-corrected chi connectivity index (χ4v) is 2.92. The van der Waals surface area contributed by atoms with E-state index in [2.05, 4.69) is 11.1 Å². The molecule has 0 fully saturated rings. The van der Waals surface area contributed by atoms with Crippen LogP contribution in [0.2, 0.25) is 0 Å². The van der Waals surface area contributed by atoms with Crippen molar-refractivity contribution in [1.29, 1.82) is 0 Å². The van der Waals surface area contributed by atoms with E-state index in [1.807, 2.05) is 37.3 Å². The van der Waals surface area contributed by atoms with Crippen LogP contribution in [0.3, 0.4) is 0 Å². The van der Waals surface area contributed by atoms with Gasteiger partial charge in [-0.15, -0.1) is 0 Å². The maximum atomic E-state index is 12.0. The average Bonchev–Trinajstić information content (AvgIpc) is 2.85. The molecule has 1 rings (SSSR count). The topological polar surface area (TPSA) is 116 Å². The van der Waals surface area contributed by atoms with Crippen LogP contribution < -0.4 is 0 Å². The number of hydrogen-bond donors (Lipinski definition) is 0. The third-order valence-electron chi connectivity index (χ3n) is 4.08. The van der Waals surface area contributed by atoms with Gasteiger partial charge in [0.1, 0.15) is 0 Å². The second-order valence-electron chi connectivity index (χ2n) is 7.39. The van der Waals surface area contributed by atoms with Gasteiger partial charge in [-0.25, -0.2) is 4.79 Å². The van der Waals surface area contributed by atoms with Crippen molar-refractivity contribution >= 4 is 16.1 Å². The lowest BCUT2D eigenvalue weighted by atomic mass is 10.1. The third-order valence-corrected chi connectivity index (χ3v) is 4.68. The molecule has 11 heteroatoms. The summed E-state index contributed by atoms with van der Waals surface area (Å²) in [6.45, 7) is 10.8. The first-order valence-corrected chi connectivity index (χ1v) is 14.2. The lowest BCUT2D eigenvalue weighted by Gasteiger charge is -2.17. The van der Waals surface area contributed by atoms with Crippen LogP contribution in [-0.2, 0) is 47.5 Å². The van der Waals surface area contributed by atoms with Crippen molar-refractivity contribution in [1.82, 2.24) is 0 Å². The summed E-state index contributed by atoms with van der Waals surface area (Å²) in [6, 6.07) is 9.33. The summed E-state index contributed by atoms with van der Waals surface area (Å²) in [5.41, 5.74) is 0.784. The molecule has 36 heavy (non-hydrogen) atoms. The molecule has 0 spiro atoms. The van der Waals surface area contributed by atoms with E-state index in [0.29, 0.717) is 46.2 Å². The zero-order valence-corrected chi connectivity index (χ0v) is 23.0. The molecule has 1 unspecified atom stereocenters. The van der Waals surface area contributed by atoms with Crippen molar-refractivity contribution in [2.45, 2.75) is 39.7 Å². The summed E-state index contributed by atoms with van der Waals surface area (Å²) in [4.78, 5) is 12.0. The summed E-state index contributed by atoms with van der Waals surface area (Å²) in [6.07, 6.45) is 2.29. The predicted molar refractivity (Wildman–Crippen MR) is 136 cm³/mol. The molecule has 0 amide bonds. The largest absolute Gasteiger partial charge is 0.464 e. The second kappa shape index (κ2) is 23.8. The van der Waals surface area contributed by atoms with Gasteiger partial charge in [0.15, 0.2) is 6.10 Å². The Labute approximate surface area is 216 Å². The van der Waals surface area contributed by atoms with Gasteiger partial charge in [0.25, 0.3) is 10.1 Å². The summed E-state index contributed by atoms with van der Waals surface area (Å²) in [5, 5.41) is 0. The zero-order valence-electron chi connectivity index (χ0n) is 22.1. The van der Waals surface area contributed by atoms with Crippen LogP contribution in [0.1, 0.15) is 45.3 Å². The minimum atomic E-state index is -3.34. The molecular weight excluding hydrogens is 492 g/mol. The Hall–Kier alpha value is -1.60. The minimum absolute atomic E-state index is 0.0621. The summed E-state index contributed by atoms with van der Waals surface area (Å²) in [7, 11) is -3.34. The molecule has 1 aromatic carbocycles. The normalized spacial score (nSPS) is 12.0. The van der Waals surface area contributed by atoms with Crippen molar-refractivity contribution in [3.63, 3.8) is 0 Å². The summed E-state index contributed by atoms with van der Waals surface area (Å²) in [5.74, 6) is -0.375. The molecule has 0 aliphatic carbocycles. The number of benzene rings is 1. The van der Waals surface area contributed by atoms with Gasteiger partial charge >= 0.3 is 5.97 Å². The van der Waals surface area contributed by atoms with Crippen molar-refractivity contribution in [2.75, 3.05) is 78.9 Å². The number of rotatable bonds is 21. The predicted octanol–water partition coefficient (Wildman–Crippen LogP) is 3.16. The van der Waals surface area contributed by atoms with Gasteiger partial charge < -0.3 is 28.4 Å². The molecule has 0 heterocycles. The number of esters is 1. The first kappa shape index (κ1) is 34.4. The van der Waals surface area contributed by atoms with Crippen LogP contribution in [0.25, 0.3) is 0 Å². The second-order valence-corrected chi connectivity index (χ2v) is 9.03. The lowest BCUT2D eigenvalue weighted by molar-refractivity contribution is -0.158. The molecule has 10 nitrogen and oxygen atoms in total. The van der Waals surface area contributed by atoms with Crippen LogP contribution in [-0.4, -0.2) is 93.3 Å². The van der Waals surface area contributed by atoms with Gasteiger partial charge in [-0.05, 0) is 25.3 Å². The lowest BCUT2D eigenvalue weighted by Crippen LogP contribution is -2.21. The summed E-state index contributed by atoms with van der Waals surface area (Å²) < 4.78 is 57.1. The number of ether oxygens (including phenoxy) is 6. The molecule has 0 N–H and O–H groups in total. The maximum Gasteiger partial charge on any atom is 0.339 e. The molecule has 0 bridgehead atoms. The molecule has 210 valence electrons. The smallest absolute Gasteiger partial charge is 0.339 e. The average molecular weight is 537 g/mol. The van der Waals surface area contributed by atoms with Crippen molar-refractivity contribution in [3.05, 3.63) is 35.9 Å². The Morgan fingerprint density at radius 3 is 1.67 bits per heavy atom. The molecule has 0 aromatic heterocycles. The van der Waals surface area contributed by atoms with Gasteiger partial charge in [-0.2, -0.15) is 8.42 Å². The van der Waals surface area contributed by atoms with Crippen molar-refractivity contribution in [3.8, 4) is 0 Å². The van der Waals surface area contributed by atoms with E-state index in [1.165, 1.54) is 0 Å². The Balaban J connectivity index is 0.000000757. The highest BCUT2D eigenvalue weighted by molar-refractivity contribution is 7.85. The quantitative estimate of drug-likeness (QED) is 0.132. The van der Waals surface area contributed by atoms with Gasteiger partial charge in [-0.1, -0.05) is 44.2 Å². The number of carbonyl (C=O) groups is 1. The third kappa shape index (κ3) is 21.7. The highest BCUT2D eigenvalue weighted by Crippen LogP contribution is 2.18. The number of carbonyl (C=O) groups excluding carboxylic acids is 1. The number of hydrogen-bond acceptors (Lipinski definition) is 10.